The van der Waals surface area contributed by atoms with Crippen molar-refractivity contribution in [1.29, 1.82) is 0 Å². The molecule has 1 aromatic rings. The SMILES string of the molecule is CC1(C)CCOc2c(C(=O)NC3C[N+]4=C(N)N[C@@H](CNS(=O)(=O)N5CCCC5)[C@@H]5[NH+]=C(N)N[C@@]54C3(O)O)cccc21. The number of aliphatic hydroxyl groups is 2. The topological polar surface area (TPSA) is 221 Å². The van der Waals surface area contributed by atoms with Crippen molar-refractivity contribution in [3.63, 3.8) is 0 Å². The number of amides is 1. The maximum atomic E-state index is 13.6. The van der Waals surface area contributed by atoms with E-state index in [1.54, 1.807) is 12.1 Å². The van der Waals surface area contributed by atoms with Gasteiger partial charge < -0.3 is 20.3 Å². The minimum Gasteiger partial charge on any atom is -0.492 e. The largest absolute Gasteiger partial charge is 0.492 e. The molecule has 1 spiro atoms. The molecule has 6 rings (SSSR count). The predicted octanol–water partition coefficient (Wildman–Crippen LogP) is -5.17. The van der Waals surface area contributed by atoms with Crippen molar-refractivity contribution >= 4 is 28.0 Å². The number of carbonyl (C=O) groups excluding carboxylic acids is 1. The van der Waals surface area contributed by atoms with E-state index in [-0.39, 0.29) is 36.0 Å². The van der Waals surface area contributed by atoms with Crippen molar-refractivity contribution in [1.82, 2.24) is 25.0 Å². The Kier molecular flexibility index (Phi) is 6.42. The monoisotopic (exact) mass is 593 g/mol. The lowest BCUT2D eigenvalue weighted by Crippen LogP contribution is -2.92. The van der Waals surface area contributed by atoms with Crippen LogP contribution >= 0.6 is 0 Å². The highest BCUT2D eigenvalue weighted by atomic mass is 32.2. The van der Waals surface area contributed by atoms with Gasteiger partial charge in [0.2, 0.25) is 0 Å². The number of hydrogen-bond donors (Lipinski definition) is 9. The van der Waals surface area contributed by atoms with Gasteiger partial charge in [-0.3, -0.25) is 26.6 Å². The summed E-state index contributed by atoms with van der Waals surface area (Å²) >= 11 is 0. The summed E-state index contributed by atoms with van der Waals surface area (Å²) in [4.78, 5) is 16.6. The van der Waals surface area contributed by atoms with Gasteiger partial charge in [-0.2, -0.15) is 17.4 Å². The highest BCUT2D eigenvalue weighted by Gasteiger charge is 2.78. The van der Waals surface area contributed by atoms with Crippen LogP contribution in [0.25, 0.3) is 0 Å². The lowest BCUT2D eigenvalue weighted by Gasteiger charge is -2.41. The maximum Gasteiger partial charge on any atom is 0.347 e. The Morgan fingerprint density at radius 1 is 1.27 bits per heavy atom. The lowest BCUT2D eigenvalue weighted by atomic mass is 9.79. The standard InChI is InChI=1S/C25H37N9O6S/c1-23(2)8-11-40-18-14(6-5-7-15(18)23)20(35)30-17-13-34-22(27)29-16(12-28-41(38,39)33-9-3-4-10-33)19-24(34,25(17,36)37)32-21(26)31-19/h5-7,16-17,19,28,36-37H,3-4,8-13H2,1-2H3,(H6,26,27,29,30,31,32,35)/p+2/t16-,17?,19-,24-/m0/s1. The number of nitrogens with two attached hydrogens (primary N) is 2. The number of guanidine groups is 2. The van der Waals surface area contributed by atoms with Crippen molar-refractivity contribution in [2.45, 2.75) is 68.1 Å². The Balaban J connectivity index is 1.28. The smallest absolute Gasteiger partial charge is 0.347 e. The zero-order valence-corrected chi connectivity index (χ0v) is 23.9. The van der Waals surface area contributed by atoms with E-state index in [0.717, 1.165) is 24.8 Å². The molecule has 5 aliphatic rings. The molecule has 11 N–H and O–H groups in total. The van der Waals surface area contributed by atoms with Gasteiger partial charge in [-0.1, -0.05) is 26.0 Å². The molecule has 0 saturated carbocycles. The predicted molar refractivity (Wildman–Crippen MR) is 147 cm³/mol. The first-order valence-electron chi connectivity index (χ1n) is 13.9. The summed E-state index contributed by atoms with van der Waals surface area (Å²) in [5.74, 6) is -2.53. The molecule has 41 heavy (non-hydrogen) atoms. The van der Waals surface area contributed by atoms with Crippen LogP contribution in [0.15, 0.2) is 18.2 Å². The molecule has 1 aromatic carbocycles. The highest BCUT2D eigenvalue weighted by Crippen LogP contribution is 2.41. The summed E-state index contributed by atoms with van der Waals surface area (Å²) < 4.78 is 37.0. The molecular formula is C25H39N9O6S+2. The van der Waals surface area contributed by atoms with E-state index in [1.807, 2.05) is 6.07 Å². The Morgan fingerprint density at radius 3 is 2.73 bits per heavy atom. The number of carbonyl (C=O) groups is 1. The Morgan fingerprint density at radius 2 is 2.00 bits per heavy atom. The third kappa shape index (κ3) is 4.22. The second-order valence-corrected chi connectivity index (χ2v) is 13.8. The molecule has 1 amide bonds. The second kappa shape index (κ2) is 9.42. The quantitative estimate of drug-likeness (QED) is 0.113. The van der Waals surface area contributed by atoms with Gasteiger partial charge in [-0.05, 0) is 30.7 Å². The molecule has 4 atom stereocenters. The van der Waals surface area contributed by atoms with Gasteiger partial charge in [0.15, 0.2) is 6.04 Å². The van der Waals surface area contributed by atoms with Crippen molar-refractivity contribution in [2.24, 2.45) is 11.5 Å². The van der Waals surface area contributed by atoms with E-state index in [9.17, 15) is 23.4 Å². The van der Waals surface area contributed by atoms with Crippen LogP contribution in [-0.2, 0) is 15.6 Å². The molecule has 2 saturated heterocycles. The molecule has 0 aromatic heterocycles. The first-order chi connectivity index (χ1) is 19.3. The number of hydrogen-bond acceptors (Lipinski definition) is 10. The van der Waals surface area contributed by atoms with Crippen LogP contribution in [-0.4, -0.2) is 108 Å². The third-order valence-corrected chi connectivity index (χ3v) is 10.7. The highest BCUT2D eigenvalue weighted by molar-refractivity contribution is 7.87. The fourth-order valence-electron chi connectivity index (χ4n) is 6.81. The fraction of sp³-hybridized carbons (Fsp3) is 0.640. The number of ether oxygens (including phenoxy) is 1. The summed E-state index contributed by atoms with van der Waals surface area (Å²) in [5, 5.41) is 32.3. The van der Waals surface area contributed by atoms with Crippen molar-refractivity contribution in [2.75, 3.05) is 32.8 Å². The number of rotatable bonds is 6. The number of nitrogens with zero attached hydrogens (tertiary/aromatic N) is 2. The molecule has 5 aliphatic heterocycles. The summed E-state index contributed by atoms with van der Waals surface area (Å²) in [6.45, 7) is 5.32. The third-order valence-electron chi connectivity index (χ3n) is 9.11. The van der Waals surface area contributed by atoms with Crippen molar-refractivity contribution in [3.8, 4) is 5.75 Å². The Labute approximate surface area is 238 Å². The molecule has 0 radical (unpaired) electrons. The van der Waals surface area contributed by atoms with Crippen LogP contribution in [0.1, 0.15) is 49.0 Å². The molecule has 1 unspecified atom stereocenters. The van der Waals surface area contributed by atoms with E-state index >= 15 is 0 Å². The summed E-state index contributed by atoms with van der Waals surface area (Å²) in [7, 11) is -3.75. The van der Waals surface area contributed by atoms with Crippen LogP contribution in [0.4, 0.5) is 0 Å². The normalized spacial score (nSPS) is 31.7. The summed E-state index contributed by atoms with van der Waals surface area (Å²) in [6, 6.07) is 2.54. The number of nitrogens with one attached hydrogen (secondary N) is 5. The molecule has 0 aliphatic carbocycles. The van der Waals surface area contributed by atoms with Crippen LogP contribution in [0.5, 0.6) is 5.75 Å². The lowest BCUT2D eigenvalue weighted by molar-refractivity contribution is -0.674. The molecular weight excluding hydrogens is 554 g/mol. The van der Waals surface area contributed by atoms with E-state index in [2.05, 4.69) is 39.5 Å². The molecule has 2 fully saturated rings. The zero-order valence-electron chi connectivity index (χ0n) is 23.1. The average Bonchev–Trinajstić information content (AvgIpc) is 3.62. The van der Waals surface area contributed by atoms with Gasteiger partial charge in [0.1, 0.15) is 17.8 Å². The van der Waals surface area contributed by atoms with Crippen molar-refractivity contribution in [3.05, 3.63) is 29.3 Å². The summed E-state index contributed by atoms with van der Waals surface area (Å²) in [5.41, 5.74) is 11.8. The molecule has 5 heterocycles. The van der Waals surface area contributed by atoms with E-state index in [1.165, 1.54) is 8.88 Å². The van der Waals surface area contributed by atoms with Crippen LogP contribution in [0.2, 0.25) is 0 Å². The minimum absolute atomic E-state index is 0.0520. The Bertz CT molecular complexity index is 1440. The van der Waals surface area contributed by atoms with Crippen LogP contribution in [0.3, 0.4) is 0 Å². The molecule has 224 valence electrons. The number of para-hydroxylation sites is 1. The molecule has 16 heteroatoms. The van der Waals surface area contributed by atoms with Gasteiger partial charge >= 0.3 is 11.9 Å². The fourth-order valence-corrected chi connectivity index (χ4v) is 8.12. The second-order valence-electron chi connectivity index (χ2n) is 12.1. The van der Waals surface area contributed by atoms with Gasteiger partial charge in [0, 0.05) is 25.2 Å². The van der Waals surface area contributed by atoms with Crippen molar-refractivity contribution < 1.29 is 37.7 Å². The Hall–Kier alpha value is -3.18. The maximum absolute atomic E-state index is 13.6. The van der Waals surface area contributed by atoms with Gasteiger partial charge in [-0.15, -0.1) is 0 Å². The summed E-state index contributed by atoms with van der Waals surface area (Å²) in [6.07, 6.45) is 2.39. The van der Waals surface area contributed by atoms with Crippen LogP contribution < -0.4 is 41.9 Å². The van der Waals surface area contributed by atoms with Gasteiger partial charge in [0.05, 0.1) is 18.7 Å². The molecule has 15 nitrogen and oxygen atoms in total. The molecule has 0 bridgehead atoms. The van der Waals surface area contributed by atoms with E-state index in [0.29, 0.717) is 25.4 Å². The average molecular weight is 594 g/mol. The number of benzene rings is 1. The van der Waals surface area contributed by atoms with Gasteiger partial charge in [0.25, 0.3) is 27.6 Å². The van der Waals surface area contributed by atoms with Crippen LogP contribution in [0, 0.1) is 0 Å². The first-order valence-corrected chi connectivity index (χ1v) is 15.3. The minimum atomic E-state index is -3.75. The first kappa shape index (κ1) is 28.0. The number of fused-ring (bicyclic) bond motifs is 1. The van der Waals surface area contributed by atoms with Gasteiger partial charge in [-0.25, -0.2) is 9.89 Å². The van der Waals surface area contributed by atoms with E-state index < -0.39 is 45.7 Å². The van der Waals surface area contributed by atoms with E-state index in [4.69, 9.17) is 16.2 Å². The zero-order chi connectivity index (χ0) is 29.4.